The third-order valence-corrected chi connectivity index (χ3v) is 2.61. The van der Waals surface area contributed by atoms with Gasteiger partial charge in [-0.05, 0) is 31.0 Å². The second kappa shape index (κ2) is 3.69. The Morgan fingerprint density at radius 3 is 2.69 bits per heavy atom. The molecule has 0 spiro atoms. The number of rotatable bonds is 2. The highest BCUT2D eigenvalue weighted by molar-refractivity contribution is 5.54. The maximum absolute atomic E-state index is 5.69. The Labute approximate surface area is 79.1 Å². The van der Waals surface area contributed by atoms with Crippen molar-refractivity contribution in [3.8, 4) is 0 Å². The van der Waals surface area contributed by atoms with Gasteiger partial charge in [-0.15, -0.1) is 0 Å². The highest BCUT2D eigenvalue weighted by atomic mass is 14.9. The van der Waals surface area contributed by atoms with E-state index in [4.69, 9.17) is 5.73 Å². The zero-order chi connectivity index (χ0) is 9.10. The molecule has 2 heteroatoms. The van der Waals surface area contributed by atoms with E-state index >= 15 is 0 Å². The molecule has 1 aliphatic carbocycles. The second-order valence-electron chi connectivity index (χ2n) is 3.75. The topological polar surface area (TPSA) is 38.0 Å². The Morgan fingerprint density at radius 1 is 1.23 bits per heavy atom. The smallest absolute Gasteiger partial charge is 0.0362 e. The van der Waals surface area contributed by atoms with Crippen molar-refractivity contribution in [1.82, 2.24) is 0 Å². The molecule has 1 aromatic rings. The maximum Gasteiger partial charge on any atom is 0.0362 e. The molecule has 0 unspecified atom stereocenters. The average Bonchev–Trinajstić information content (AvgIpc) is 2.57. The van der Waals surface area contributed by atoms with Gasteiger partial charge in [-0.1, -0.05) is 18.9 Å². The van der Waals surface area contributed by atoms with Crippen molar-refractivity contribution in [2.45, 2.75) is 31.7 Å². The van der Waals surface area contributed by atoms with Gasteiger partial charge >= 0.3 is 0 Å². The van der Waals surface area contributed by atoms with Crippen LogP contribution in [-0.2, 0) is 0 Å². The maximum atomic E-state index is 5.69. The van der Waals surface area contributed by atoms with Crippen LogP contribution in [0.4, 0.5) is 11.4 Å². The first-order valence-corrected chi connectivity index (χ1v) is 4.97. The molecule has 0 amide bonds. The van der Waals surface area contributed by atoms with Crippen LogP contribution in [0.25, 0.3) is 0 Å². The molecule has 1 fully saturated rings. The van der Waals surface area contributed by atoms with Gasteiger partial charge in [0.2, 0.25) is 0 Å². The van der Waals surface area contributed by atoms with Crippen LogP contribution in [0.3, 0.4) is 0 Å². The van der Waals surface area contributed by atoms with Crippen molar-refractivity contribution in [2.24, 2.45) is 0 Å². The minimum atomic E-state index is 0.668. The second-order valence-corrected chi connectivity index (χ2v) is 3.75. The lowest BCUT2D eigenvalue weighted by Crippen LogP contribution is -2.14. The normalized spacial score (nSPS) is 17.5. The van der Waals surface area contributed by atoms with Crippen LogP contribution in [0.5, 0.6) is 0 Å². The van der Waals surface area contributed by atoms with E-state index in [0.717, 1.165) is 11.4 Å². The van der Waals surface area contributed by atoms with Crippen molar-refractivity contribution in [3.05, 3.63) is 24.3 Å². The quantitative estimate of drug-likeness (QED) is 0.680. The molecule has 2 nitrogen and oxygen atoms in total. The number of nitrogen functional groups attached to an aromatic ring is 1. The summed E-state index contributed by atoms with van der Waals surface area (Å²) in [5.41, 5.74) is 7.69. The highest BCUT2D eigenvalue weighted by Gasteiger charge is 2.13. The van der Waals surface area contributed by atoms with E-state index in [2.05, 4.69) is 11.4 Å². The molecule has 13 heavy (non-hydrogen) atoms. The summed E-state index contributed by atoms with van der Waals surface area (Å²) in [7, 11) is 0. The van der Waals surface area contributed by atoms with Gasteiger partial charge in [-0.2, -0.15) is 0 Å². The largest absolute Gasteiger partial charge is 0.399 e. The van der Waals surface area contributed by atoms with Crippen LogP contribution in [0.15, 0.2) is 24.3 Å². The average molecular weight is 176 g/mol. The molecule has 2 rings (SSSR count). The number of hydrogen-bond donors (Lipinski definition) is 2. The molecule has 0 heterocycles. The summed E-state index contributed by atoms with van der Waals surface area (Å²) in [4.78, 5) is 0. The molecular formula is C11H16N2. The number of hydrogen-bond acceptors (Lipinski definition) is 2. The van der Waals surface area contributed by atoms with E-state index in [0.29, 0.717) is 6.04 Å². The van der Waals surface area contributed by atoms with Gasteiger partial charge in [-0.25, -0.2) is 0 Å². The van der Waals surface area contributed by atoms with Gasteiger partial charge in [0.15, 0.2) is 0 Å². The summed E-state index contributed by atoms with van der Waals surface area (Å²) in [6.07, 6.45) is 5.32. The van der Waals surface area contributed by atoms with Gasteiger partial charge in [0.05, 0.1) is 0 Å². The van der Waals surface area contributed by atoms with E-state index in [1.165, 1.54) is 25.7 Å². The van der Waals surface area contributed by atoms with Crippen LogP contribution in [0, 0.1) is 0 Å². The molecular weight excluding hydrogens is 160 g/mol. The minimum Gasteiger partial charge on any atom is -0.399 e. The summed E-state index contributed by atoms with van der Waals surface area (Å²) in [5, 5.41) is 3.50. The summed E-state index contributed by atoms with van der Waals surface area (Å²) in [5.74, 6) is 0. The first-order chi connectivity index (χ1) is 6.34. The highest BCUT2D eigenvalue weighted by Crippen LogP contribution is 2.22. The summed E-state index contributed by atoms with van der Waals surface area (Å²) >= 11 is 0. The van der Waals surface area contributed by atoms with Gasteiger partial charge in [0.25, 0.3) is 0 Å². The predicted molar refractivity (Wildman–Crippen MR) is 56.7 cm³/mol. The zero-order valence-corrected chi connectivity index (χ0v) is 7.79. The number of benzene rings is 1. The Bertz CT molecular complexity index is 277. The van der Waals surface area contributed by atoms with Crippen molar-refractivity contribution in [1.29, 1.82) is 0 Å². The van der Waals surface area contributed by atoms with Gasteiger partial charge < -0.3 is 11.1 Å². The molecule has 0 aliphatic heterocycles. The fourth-order valence-corrected chi connectivity index (χ4v) is 1.93. The zero-order valence-electron chi connectivity index (χ0n) is 7.79. The molecule has 70 valence electrons. The van der Waals surface area contributed by atoms with Crippen molar-refractivity contribution in [3.63, 3.8) is 0 Å². The Balaban J connectivity index is 2.00. The third-order valence-electron chi connectivity index (χ3n) is 2.61. The lowest BCUT2D eigenvalue weighted by molar-refractivity contribution is 0.755. The first kappa shape index (κ1) is 8.42. The summed E-state index contributed by atoms with van der Waals surface area (Å²) in [6, 6.07) is 8.65. The lowest BCUT2D eigenvalue weighted by Gasteiger charge is -2.13. The molecule has 0 radical (unpaired) electrons. The van der Waals surface area contributed by atoms with E-state index in [9.17, 15) is 0 Å². The third kappa shape index (κ3) is 2.14. The monoisotopic (exact) mass is 176 g/mol. The van der Waals surface area contributed by atoms with Crippen LogP contribution < -0.4 is 11.1 Å². The van der Waals surface area contributed by atoms with Crippen LogP contribution >= 0.6 is 0 Å². The fraction of sp³-hybridized carbons (Fsp3) is 0.455. The van der Waals surface area contributed by atoms with Gasteiger partial charge in [0, 0.05) is 17.4 Å². The standard InChI is InChI=1S/C11H16N2/c12-9-4-3-7-11(8-9)13-10-5-1-2-6-10/h3-4,7-8,10,13H,1-2,5-6,12H2. The molecule has 1 saturated carbocycles. The molecule has 0 aromatic heterocycles. The van der Waals surface area contributed by atoms with Gasteiger partial charge in [0.1, 0.15) is 0 Å². The molecule has 1 aliphatic rings. The SMILES string of the molecule is Nc1cccc(NC2CCCC2)c1. The van der Waals surface area contributed by atoms with E-state index in [1.807, 2.05) is 18.2 Å². The lowest BCUT2D eigenvalue weighted by atomic mass is 10.2. The van der Waals surface area contributed by atoms with Crippen LogP contribution in [-0.4, -0.2) is 6.04 Å². The predicted octanol–water partition coefficient (Wildman–Crippen LogP) is 2.62. The number of nitrogens with one attached hydrogen (secondary N) is 1. The van der Waals surface area contributed by atoms with Crippen LogP contribution in [0.1, 0.15) is 25.7 Å². The van der Waals surface area contributed by atoms with E-state index < -0.39 is 0 Å². The van der Waals surface area contributed by atoms with Crippen LogP contribution in [0.2, 0.25) is 0 Å². The van der Waals surface area contributed by atoms with Gasteiger partial charge in [-0.3, -0.25) is 0 Å². The van der Waals surface area contributed by atoms with Crippen molar-refractivity contribution >= 4 is 11.4 Å². The Hall–Kier alpha value is -1.18. The van der Waals surface area contributed by atoms with E-state index in [1.54, 1.807) is 0 Å². The summed E-state index contributed by atoms with van der Waals surface area (Å²) < 4.78 is 0. The van der Waals surface area contributed by atoms with Crippen molar-refractivity contribution < 1.29 is 0 Å². The van der Waals surface area contributed by atoms with Crippen molar-refractivity contribution in [2.75, 3.05) is 11.1 Å². The summed E-state index contributed by atoms with van der Waals surface area (Å²) in [6.45, 7) is 0. The first-order valence-electron chi connectivity index (χ1n) is 4.97. The molecule has 0 atom stereocenters. The molecule has 1 aromatic carbocycles. The Morgan fingerprint density at radius 2 is 2.00 bits per heavy atom. The molecule has 3 N–H and O–H groups in total. The molecule has 0 bridgehead atoms. The van der Waals surface area contributed by atoms with E-state index in [-0.39, 0.29) is 0 Å². The number of nitrogens with two attached hydrogens (primary N) is 1. The fourth-order valence-electron chi connectivity index (χ4n) is 1.93. The Kier molecular flexibility index (Phi) is 2.39. The minimum absolute atomic E-state index is 0.668. The number of anilines is 2. The molecule has 0 saturated heterocycles.